The van der Waals surface area contributed by atoms with E-state index in [1.807, 2.05) is 54.6 Å². The Balaban J connectivity index is 1.64. The van der Waals surface area contributed by atoms with Crippen molar-refractivity contribution in [2.24, 2.45) is 0 Å². The van der Waals surface area contributed by atoms with Gasteiger partial charge >= 0.3 is 0 Å². The maximum Gasteiger partial charge on any atom is 0.114 e. The van der Waals surface area contributed by atoms with Crippen LogP contribution < -0.4 is 5.32 Å². The van der Waals surface area contributed by atoms with Gasteiger partial charge in [-0.1, -0.05) is 103 Å². The molecular weight excluding hydrogens is 338 g/mol. The van der Waals surface area contributed by atoms with E-state index in [2.05, 4.69) is 77.8 Å². The Labute approximate surface area is 166 Å². The summed E-state index contributed by atoms with van der Waals surface area (Å²) in [5.74, 6) is 6.70. The van der Waals surface area contributed by atoms with Gasteiger partial charge < -0.3 is 5.32 Å². The summed E-state index contributed by atoms with van der Waals surface area (Å²) in [6.07, 6.45) is 0. The van der Waals surface area contributed by atoms with Crippen LogP contribution in [0.15, 0.2) is 115 Å². The first kappa shape index (κ1) is 17.6. The molecule has 4 aromatic rings. The van der Waals surface area contributed by atoms with Crippen molar-refractivity contribution in [1.82, 2.24) is 0 Å². The van der Waals surface area contributed by atoms with Crippen molar-refractivity contribution >= 4 is 5.69 Å². The van der Waals surface area contributed by atoms with Crippen molar-refractivity contribution in [3.63, 3.8) is 0 Å². The minimum absolute atomic E-state index is 0.0903. The van der Waals surface area contributed by atoms with Crippen LogP contribution in [0, 0.1) is 11.8 Å². The molecule has 0 saturated carbocycles. The first-order valence-electron chi connectivity index (χ1n) is 9.42. The zero-order chi connectivity index (χ0) is 19.0. The van der Waals surface area contributed by atoms with E-state index < -0.39 is 0 Å². The summed E-state index contributed by atoms with van der Waals surface area (Å²) in [6.45, 7) is 0. The van der Waals surface area contributed by atoms with E-state index in [0.717, 1.165) is 16.8 Å². The third-order valence-corrected chi connectivity index (χ3v) is 4.57. The Kier molecular flexibility index (Phi) is 5.52. The Bertz CT molecular complexity index is 1060. The van der Waals surface area contributed by atoms with Gasteiger partial charge in [-0.25, -0.2) is 0 Å². The van der Waals surface area contributed by atoms with Crippen LogP contribution in [-0.2, 0) is 0 Å². The molecular formula is C27H21N. The molecule has 4 aromatic carbocycles. The second kappa shape index (κ2) is 8.75. The summed E-state index contributed by atoms with van der Waals surface area (Å²) in [5, 5.41) is 3.55. The lowest BCUT2D eigenvalue weighted by atomic mass is 10.0. The van der Waals surface area contributed by atoms with E-state index in [9.17, 15) is 0 Å². The van der Waals surface area contributed by atoms with Gasteiger partial charge in [0.2, 0.25) is 0 Å². The summed E-state index contributed by atoms with van der Waals surface area (Å²) < 4.78 is 0. The van der Waals surface area contributed by atoms with Crippen LogP contribution in [0.4, 0.5) is 5.69 Å². The molecule has 28 heavy (non-hydrogen) atoms. The van der Waals surface area contributed by atoms with E-state index in [1.54, 1.807) is 0 Å². The number of hydrogen-bond acceptors (Lipinski definition) is 1. The van der Waals surface area contributed by atoms with Crippen molar-refractivity contribution < 1.29 is 0 Å². The van der Waals surface area contributed by atoms with Crippen molar-refractivity contribution in [3.05, 3.63) is 126 Å². The van der Waals surface area contributed by atoms with Crippen molar-refractivity contribution in [2.75, 3.05) is 5.32 Å². The van der Waals surface area contributed by atoms with E-state index in [1.165, 1.54) is 11.1 Å². The molecule has 0 fully saturated rings. The number of para-hydroxylation sites is 1. The molecule has 0 saturated heterocycles. The predicted molar refractivity (Wildman–Crippen MR) is 118 cm³/mol. The van der Waals surface area contributed by atoms with Gasteiger partial charge in [-0.2, -0.15) is 0 Å². The average molecular weight is 359 g/mol. The summed E-state index contributed by atoms with van der Waals surface area (Å²) in [7, 11) is 0. The Hall–Kier alpha value is -3.76. The quantitative estimate of drug-likeness (QED) is 0.407. The topological polar surface area (TPSA) is 12.0 Å². The van der Waals surface area contributed by atoms with E-state index in [0.29, 0.717) is 0 Å². The lowest BCUT2D eigenvalue weighted by molar-refractivity contribution is 1.02. The van der Waals surface area contributed by atoms with Crippen LogP contribution in [0.2, 0.25) is 0 Å². The van der Waals surface area contributed by atoms with Crippen molar-refractivity contribution in [3.8, 4) is 23.0 Å². The van der Waals surface area contributed by atoms with E-state index in [4.69, 9.17) is 0 Å². The van der Waals surface area contributed by atoms with Gasteiger partial charge in [-0.3, -0.25) is 0 Å². The molecule has 0 aliphatic rings. The lowest BCUT2D eigenvalue weighted by Crippen LogP contribution is -2.08. The first-order valence-corrected chi connectivity index (χ1v) is 9.42. The molecule has 0 spiro atoms. The van der Waals surface area contributed by atoms with Crippen LogP contribution >= 0.6 is 0 Å². The molecule has 134 valence electrons. The molecule has 1 nitrogen and oxygen atoms in total. The molecule has 4 rings (SSSR count). The van der Waals surface area contributed by atoms with Crippen LogP contribution in [0.3, 0.4) is 0 Å². The summed E-state index contributed by atoms with van der Waals surface area (Å²) >= 11 is 0. The highest BCUT2D eigenvalue weighted by atomic mass is 14.9. The third-order valence-electron chi connectivity index (χ3n) is 4.57. The number of hydrogen-bond donors (Lipinski definition) is 1. The molecule has 0 bridgehead atoms. The first-order chi connectivity index (χ1) is 13.9. The maximum atomic E-state index is 3.55. The normalized spacial score (nSPS) is 11.1. The number of anilines is 1. The van der Waals surface area contributed by atoms with Gasteiger partial charge in [-0.05, 0) is 41.0 Å². The number of benzene rings is 4. The Morgan fingerprint density at radius 2 is 1.07 bits per heavy atom. The summed E-state index contributed by atoms with van der Waals surface area (Å²) in [4.78, 5) is 0. The minimum atomic E-state index is -0.0903. The van der Waals surface area contributed by atoms with Gasteiger partial charge in [-0.15, -0.1) is 0 Å². The lowest BCUT2D eigenvalue weighted by Gasteiger charge is -2.16. The SMILES string of the molecule is C(#C[C@@H](Nc1ccccc1)c1ccc(-c2ccccc2)cc1)c1ccccc1. The fourth-order valence-corrected chi connectivity index (χ4v) is 3.08. The standard InChI is InChI=1S/C27H21N/c1-4-10-22(11-5-1)16-21-27(28-26-14-8-3-9-15-26)25-19-17-24(18-20-25)23-12-6-2-7-13-23/h1-15,17-20,27-28H/t27-/m1/s1. The molecule has 0 aromatic heterocycles. The van der Waals surface area contributed by atoms with Crippen molar-refractivity contribution in [1.29, 1.82) is 0 Å². The molecule has 0 amide bonds. The fourth-order valence-electron chi connectivity index (χ4n) is 3.08. The Morgan fingerprint density at radius 3 is 1.71 bits per heavy atom. The highest BCUT2D eigenvalue weighted by molar-refractivity contribution is 5.64. The van der Waals surface area contributed by atoms with E-state index >= 15 is 0 Å². The van der Waals surface area contributed by atoms with E-state index in [-0.39, 0.29) is 6.04 Å². The second-order valence-electron chi connectivity index (χ2n) is 6.57. The molecule has 1 heteroatoms. The average Bonchev–Trinajstić information content (AvgIpc) is 2.79. The molecule has 0 heterocycles. The summed E-state index contributed by atoms with van der Waals surface area (Å²) in [6, 6.07) is 39.3. The van der Waals surface area contributed by atoms with Gasteiger partial charge in [0.05, 0.1) is 0 Å². The maximum absolute atomic E-state index is 3.55. The fraction of sp³-hybridized carbons (Fsp3) is 0.0370. The highest BCUT2D eigenvalue weighted by Crippen LogP contribution is 2.24. The Morgan fingerprint density at radius 1 is 0.536 bits per heavy atom. The minimum Gasteiger partial charge on any atom is -0.368 e. The number of nitrogens with one attached hydrogen (secondary N) is 1. The molecule has 0 unspecified atom stereocenters. The van der Waals surface area contributed by atoms with Crippen LogP contribution in [-0.4, -0.2) is 0 Å². The molecule has 1 N–H and O–H groups in total. The highest BCUT2D eigenvalue weighted by Gasteiger charge is 2.09. The van der Waals surface area contributed by atoms with Gasteiger partial charge in [0, 0.05) is 11.3 Å². The number of rotatable bonds is 4. The van der Waals surface area contributed by atoms with Crippen LogP contribution in [0.25, 0.3) is 11.1 Å². The molecule has 0 aliphatic carbocycles. The molecule has 0 aliphatic heterocycles. The largest absolute Gasteiger partial charge is 0.368 e. The summed E-state index contributed by atoms with van der Waals surface area (Å²) in [5.41, 5.74) is 5.65. The zero-order valence-electron chi connectivity index (χ0n) is 15.5. The molecule has 0 radical (unpaired) electrons. The second-order valence-corrected chi connectivity index (χ2v) is 6.57. The predicted octanol–water partition coefficient (Wildman–Crippen LogP) is 6.56. The van der Waals surface area contributed by atoms with Crippen molar-refractivity contribution in [2.45, 2.75) is 6.04 Å². The smallest absolute Gasteiger partial charge is 0.114 e. The van der Waals surface area contributed by atoms with Crippen LogP contribution in [0.1, 0.15) is 17.2 Å². The molecule has 1 atom stereocenters. The van der Waals surface area contributed by atoms with Gasteiger partial charge in [0.25, 0.3) is 0 Å². The zero-order valence-corrected chi connectivity index (χ0v) is 15.5. The third kappa shape index (κ3) is 4.50. The monoisotopic (exact) mass is 359 g/mol. The van der Waals surface area contributed by atoms with Gasteiger partial charge in [0.15, 0.2) is 0 Å². The van der Waals surface area contributed by atoms with Crippen LogP contribution in [0.5, 0.6) is 0 Å². The van der Waals surface area contributed by atoms with Gasteiger partial charge in [0.1, 0.15) is 6.04 Å².